The van der Waals surface area contributed by atoms with Gasteiger partial charge >= 0.3 is 0 Å². The normalized spacial score (nSPS) is 18.1. The molecule has 7 heteroatoms. The number of H-pyrrole nitrogens is 1. The molecule has 1 aromatic heterocycles. The van der Waals surface area contributed by atoms with Gasteiger partial charge in [0.1, 0.15) is 5.82 Å². The lowest BCUT2D eigenvalue weighted by Gasteiger charge is -2.31. The van der Waals surface area contributed by atoms with Gasteiger partial charge in [0.15, 0.2) is 0 Å². The van der Waals surface area contributed by atoms with Crippen LogP contribution in [0.1, 0.15) is 61.6 Å². The van der Waals surface area contributed by atoms with E-state index >= 15 is 0 Å². The fourth-order valence-corrected chi connectivity index (χ4v) is 4.08. The van der Waals surface area contributed by atoms with Gasteiger partial charge < -0.3 is 15.2 Å². The number of carbonyl (C=O) groups excluding carboxylic acids is 2. The number of hydrogen-bond acceptors (Lipinski definition) is 4. The standard InChI is InChI=1S/C23H28N4O3/c1-15(28)27-11-9-18(10-12-27)23(30)25-20(16-5-3-2-4-6-16)13-19-14-21(29)26-22(24-19)17-7-8-17/h2-6,14,17-18,20H,7-13H2,1H3,(H,25,30)(H,24,26,29). The third-order valence-electron chi connectivity index (χ3n) is 6.02. The van der Waals surface area contributed by atoms with Gasteiger partial charge in [0.05, 0.1) is 11.7 Å². The molecule has 2 aromatic rings. The average Bonchev–Trinajstić information content (AvgIpc) is 3.59. The number of amides is 2. The first-order valence-corrected chi connectivity index (χ1v) is 10.7. The van der Waals surface area contributed by atoms with Crippen LogP contribution in [-0.2, 0) is 16.0 Å². The molecule has 1 saturated heterocycles. The molecule has 2 amide bonds. The Kier molecular flexibility index (Phi) is 5.97. The quantitative estimate of drug-likeness (QED) is 0.767. The van der Waals surface area contributed by atoms with Gasteiger partial charge in [-0.15, -0.1) is 0 Å². The summed E-state index contributed by atoms with van der Waals surface area (Å²) in [5.41, 5.74) is 1.54. The Morgan fingerprint density at radius 1 is 1.17 bits per heavy atom. The van der Waals surface area contributed by atoms with E-state index in [1.165, 1.54) is 6.07 Å². The van der Waals surface area contributed by atoms with Crippen LogP contribution < -0.4 is 10.9 Å². The minimum absolute atomic E-state index is 0.000637. The molecular weight excluding hydrogens is 380 g/mol. The molecule has 0 spiro atoms. The van der Waals surface area contributed by atoms with E-state index in [0.29, 0.717) is 44.0 Å². The molecule has 1 aliphatic heterocycles. The lowest BCUT2D eigenvalue weighted by molar-refractivity contribution is -0.134. The van der Waals surface area contributed by atoms with Gasteiger partial charge in [-0.25, -0.2) is 4.98 Å². The Hall–Kier alpha value is -2.96. The number of nitrogens with one attached hydrogen (secondary N) is 2. The number of nitrogens with zero attached hydrogens (tertiary/aromatic N) is 2. The number of likely N-dealkylation sites (tertiary alicyclic amines) is 1. The summed E-state index contributed by atoms with van der Waals surface area (Å²) in [6.45, 7) is 2.80. The minimum atomic E-state index is -0.258. The highest BCUT2D eigenvalue weighted by Crippen LogP contribution is 2.37. The monoisotopic (exact) mass is 408 g/mol. The zero-order valence-corrected chi connectivity index (χ0v) is 17.3. The van der Waals surface area contributed by atoms with Crippen molar-refractivity contribution in [3.63, 3.8) is 0 Å². The van der Waals surface area contributed by atoms with Crippen molar-refractivity contribution in [3.8, 4) is 0 Å². The molecule has 158 valence electrons. The van der Waals surface area contributed by atoms with Gasteiger partial charge in [0.25, 0.3) is 5.56 Å². The van der Waals surface area contributed by atoms with E-state index in [-0.39, 0.29) is 29.3 Å². The van der Waals surface area contributed by atoms with Crippen LogP contribution in [0.15, 0.2) is 41.2 Å². The molecule has 4 rings (SSSR count). The third-order valence-corrected chi connectivity index (χ3v) is 6.02. The summed E-state index contributed by atoms with van der Waals surface area (Å²) >= 11 is 0. The number of aromatic nitrogens is 2. The average molecular weight is 409 g/mol. The number of carbonyl (C=O) groups is 2. The van der Waals surface area contributed by atoms with Crippen LogP contribution >= 0.6 is 0 Å². The molecule has 2 aliphatic rings. The van der Waals surface area contributed by atoms with E-state index < -0.39 is 0 Å². The van der Waals surface area contributed by atoms with Crippen molar-refractivity contribution in [2.24, 2.45) is 5.92 Å². The molecule has 1 aromatic carbocycles. The van der Waals surface area contributed by atoms with Gasteiger partial charge in [0, 0.05) is 44.3 Å². The second-order valence-electron chi connectivity index (χ2n) is 8.35. The first-order valence-electron chi connectivity index (χ1n) is 10.7. The molecule has 1 saturated carbocycles. The van der Waals surface area contributed by atoms with Gasteiger partial charge in [-0.1, -0.05) is 30.3 Å². The Bertz CT molecular complexity index is 960. The van der Waals surface area contributed by atoms with Crippen molar-refractivity contribution in [1.82, 2.24) is 20.2 Å². The molecule has 1 unspecified atom stereocenters. The lowest BCUT2D eigenvalue weighted by atomic mass is 9.94. The summed E-state index contributed by atoms with van der Waals surface area (Å²) in [5, 5.41) is 3.18. The first-order chi connectivity index (χ1) is 14.5. The summed E-state index contributed by atoms with van der Waals surface area (Å²) in [4.78, 5) is 45.9. The lowest BCUT2D eigenvalue weighted by Crippen LogP contribution is -2.43. The molecule has 2 heterocycles. The van der Waals surface area contributed by atoms with E-state index in [2.05, 4.69) is 15.3 Å². The van der Waals surface area contributed by atoms with Crippen LogP contribution in [0.25, 0.3) is 0 Å². The zero-order chi connectivity index (χ0) is 21.1. The number of rotatable bonds is 6. The smallest absolute Gasteiger partial charge is 0.251 e. The maximum absolute atomic E-state index is 13.0. The maximum Gasteiger partial charge on any atom is 0.251 e. The Morgan fingerprint density at radius 3 is 2.50 bits per heavy atom. The van der Waals surface area contributed by atoms with Crippen molar-refractivity contribution in [2.45, 2.75) is 51.0 Å². The van der Waals surface area contributed by atoms with E-state index in [4.69, 9.17) is 0 Å². The molecule has 0 radical (unpaired) electrons. The van der Waals surface area contributed by atoms with Crippen molar-refractivity contribution in [3.05, 3.63) is 63.8 Å². The molecule has 2 fully saturated rings. The van der Waals surface area contributed by atoms with Crippen LogP contribution in [0.5, 0.6) is 0 Å². The van der Waals surface area contributed by atoms with Crippen LogP contribution in [-0.4, -0.2) is 39.8 Å². The van der Waals surface area contributed by atoms with Crippen LogP contribution in [0, 0.1) is 5.92 Å². The highest BCUT2D eigenvalue weighted by Gasteiger charge is 2.29. The maximum atomic E-state index is 13.0. The second-order valence-corrected chi connectivity index (χ2v) is 8.35. The van der Waals surface area contributed by atoms with Crippen molar-refractivity contribution in [1.29, 1.82) is 0 Å². The summed E-state index contributed by atoms with van der Waals surface area (Å²) in [7, 11) is 0. The zero-order valence-electron chi connectivity index (χ0n) is 17.3. The molecule has 2 N–H and O–H groups in total. The Morgan fingerprint density at radius 2 is 1.87 bits per heavy atom. The largest absolute Gasteiger partial charge is 0.349 e. The van der Waals surface area contributed by atoms with E-state index in [1.54, 1.807) is 11.8 Å². The second kappa shape index (κ2) is 8.81. The van der Waals surface area contributed by atoms with E-state index in [1.807, 2.05) is 30.3 Å². The Balaban J connectivity index is 1.49. The number of hydrogen-bond donors (Lipinski definition) is 2. The summed E-state index contributed by atoms with van der Waals surface area (Å²) in [6, 6.07) is 11.1. The van der Waals surface area contributed by atoms with Gasteiger partial charge in [-0.3, -0.25) is 14.4 Å². The van der Waals surface area contributed by atoms with E-state index in [0.717, 1.165) is 24.2 Å². The highest BCUT2D eigenvalue weighted by molar-refractivity contribution is 5.80. The minimum Gasteiger partial charge on any atom is -0.349 e. The van der Waals surface area contributed by atoms with Crippen molar-refractivity contribution < 1.29 is 9.59 Å². The predicted octanol–water partition coefficient (Wildman–Crippen LogP) is 2.31. The fourth-order valence-electron chi connectivity index (χ4n) is 4.08. The Labute approximate surface area is 175 Å². The molecule has 7 nitrogen and oxygen atoms in total. The molecule has 0 bridgehead atoms. The number of piperidine rings is 1. The molecule has 1 aliphatic carbocycles. The fraction of sp³-hybridized carbons (Fsp3) is 0.478. The topological polar surface area (TPSA) is 95.2 Å². The summed E-state index contributed by atoms with van der Waals surface area (Å²) in [5.74, 6) is 1.06. The van der Waals surface area contributed by atoms with Gasteiger partial charge in [0.2, 0.25) is 11.8 Å². The third kappa shape index (κ3) is 4.96. The number of benzene rings is 1. The molecule has 1 atom stereocenters. The highest BCUT2D eigenvalue weighted by atomic mass is 16.2. The molecular formula is C23H28N4O3. The van der Waals surface area contributed by atoms with Gasteiger partial charge in [-0.05, 0) is 31.2 Å². The van der Waals surface area contributed by atoms with Gasteiger partial charge in [-0.2, -0.15) is 0 Å². The summed E-state index contributed by atoms with van der Waals surface area (Å²) < 4.78 is 0. The van der Waals surface area contributed by atoms with Crippen LogP contribution in [0.4, 0.5) is 0 Å². The summed E-state index contributed by atoms with van der Waals surface area (Å²) in [6.07, 6.45) is 3.92. The van der Waals surface area contributed by atoms with Crippen molar-refractivity contribution >= 4 is 11.8 Å². The van der Waals surface area contributed by atoms with Crippen molar-refractivity contribution in [2.75, 3.05) is 13.1 Å². The SMILES string of the molecule is CC(=O)N1CCC(C(=O)NC(Cc2cc(=O)[nH]c(C3CC3)n2)c2ccccc2)CC1. The number of aromatic amines is 1. The molecule has 30 heavy (non-hydrogen) atoms. The van der Waals surface area contributed by atoms with Crippen LogP contribution in [0.3, 0.4) is 0 Å². The van der Waals surface area contributed by atoms with E-state index in [9.17, 15) is 14.4 Å². The predicted molar refractivity (Wildman–Crippen MR) is 113 cm³/mol. The first kappa shape index (κ1) is 20.3. The van der Waals surface area contributed by atoms with Crippen LogP contribution in [0.2, 0.25) is 0 Å².